The average molecular weight is 704 g/mol. The number of ether oxygens (including phenoxy) is 1. The molecule has 9 nitrogen and oxygen atoms in total. The van der Waals surface area contributed by atoms with Gasteiger partial charge in [-0.05, 0) is 147 Å². The van der Waals surface area contributed by atoms with Gasteiger partial charge < -0.3 is 24.8 Å². The number of nitrogens with two attached hydrogens (primary N) is 1. The SMILES string of the molecule is CC(C)(C)OC(=O)CC1CC=C(B2OC(C)(C)C(C)(C)O2)CC1.Cc1cccc(-c2[nH]cnc2-c2ccc3ncc(C4=CCC(N)CC4)cc3c2)n1. The van der Waals surface area contributed by atoms with Gasteiger partial charge in [-0.1, -0.05) is 24.3 Å². The van der Waals surface area contributed by atoms with Crippen LogP contribution < -0.4 is 5.73 Å². The summed E-state index contributed by atoms with van der Waals surface area (Å²) in [4.78, 5) is 29.1. The van der Waals surface area contributed by atoms with Crippen molar-refractivity contribution in [2.75, 3.05) is 0 Å². The van der Waals surface area contributed by atoms with Gasteiger partial charge in [-0.2, -0.15) is 0 Å². The maximum atomic E-state index is 11.9. The second kappa shape index (κ2) is 15.1. The number of rotatable bonds is 6. The summed E-state index contributed by atoms with van der Waals surface area (Å²) in [6, 6.07) is 14.8. The van der Waals surface area contributed by atoms with Gasteiger partial charge in [0.2, 0.25) is 0 Å². The van der Waals surface area contributed by atoms with Crippen molar-refractivity contribution >= 4 is 29.6 Å². The molecular weight excluding hydrogens is 649 g/mol. The summed E-state index contributed by atoms with van der Waals surface area (Å²) in [6.07, 6.45) is 14.4. The van der Waals surface area contributed by atoms with Gasteiger partial charge in [-0.3, -0.25) is 14.8 Å². The van der Waals surface area contributed by atoms with Gasteiger partial charge in [0, 0.05) is 35.3 Å². The Hall–Kier alpha value is -4.12. The fraction of sp³-hybridized carbons (Fsp3) is 0.476. The fourth-order valence-corrected chi connectivity index (χ4v) is 6.88. The molecule has 1 aromatic carbocycles. The lowest BCUT2D eigenvalue weighted by Gasteiger charge is -2.32. The number of aromatic nitrogens is 4. The highest BCUT2D eigenvalue weighted by Crippen LogP contribution is 2.41. The molecule has 0 bridgehead atoms. The predicted octanol–water partition coefficient (Wildman–Crippen LogP) is 8.97. The van der Waals surface area contributed by atoms with Crippen LogP contribution in [0.25, 0.3) is 39.1 Å². The van der Waals surface area contributed by atoms with E-state index in [1.165, 1.54) is 16.6 Å². The van der Waals surface area contributed by atoms with Crippen LogP contribution in [0.2, 0.25) is 0 Å². The average Bonchev–Trinajstić information content (AvgIpc) is 3.66. The molecule has 3 N–H and O–H groups in total. The molecule has 0 saturated carbocycles. The lowest BCUT2D eigenvalue weighted by Crippen LogP contribution is -2.41. The third-order valence-corrected chi connectivity index (χ3v) is 10.5. The summed E-state index contributed by atoms with van der Waals surface area (Å²) in [7, 11) is -0.248. The third kappa shape index (κ3) is 8.91. The monoisotopic (exact) mass is 703 g/mol. The van der Waals surface area contributed by atoms with Crippen LogP contribution in [0, 0.1) is 12.8 Å². The zero-order chi connectivity index (χ0) is 37.3. The maximum absolute atomic E-state index is 11.9. The summed E-state index contributed by atoms with van der Waals surface area (Å²) in [5, 5.41) is 1.11. The van der Waals surface area contributed by atoms with Crippen LogP contribution in [0.4, 0.5) is 0 Å². The standard InChI is InChI=1S/C24H23N5.C18H31BO4/c1-15-3-2-4-22(29-15)24-23(27-14-28-24)17-7-10-21-18(11-17)12-19(13-26-21)16-5-8-20(25)9-6-16;1-16(2,3)21-15(20)12-13-8-10-14(11-9-13)19-22-17(4,5)18(6,7)23-19/h2-5,7,10-14,20H,6,8-9,25H2,1H3,(H,27,28);10,13H,8-9,11-12H2,1-7H3. The van der Waals surface area contributed by atoms with Crippen molar-refractivity contribution in [3.05, 3.63) is 83.9 Å². The van der Waals surface area contributed by atoms with E-state index in [4.69, 9.17) is 19.8 Å². The third-order valence-electron chi connectivity index (χ3n) is 10.5. The Morgan fingerprint density at radius 3 is 2.38 bits per heavy atom. The van der Waals surface area contributed by atoms with Crippen LogP contribution in [-0.4, -0.2) is 55.9 Å². The first-order valence-electron chi connectivity index (χ1n) is 18.7. The molecule has 1 aliphatic heterocycles. The summed E-state index contributed by atoms with van der Waals surface area (Å²) in [5.41, 5.74) is 14.5. The highest BCUT2D eigenvalue weighted by atomic mass is 16.7. The Balaban J connectivity index is 0.000000184. The molecule has 52 heavy (non-hydrogen) atoms. The van der Waals surface area contributed by atoms with Crippen molar-refractivity contribution in [1.29, 1.82) is 0 Å². The van der Waals surface area contributed by atoms with Crippen molar-refractivity contribution in [3.63, 3.8) is 0 Å². The number of nitrogens with one attached hydrogen (secondary N) is 1. The van der Waals surface area contributed by atoms with E-state index >= 15 is 0 Å². The zero-order valence-corrected chi connectivity index (χ0v) is 32.1. The number of imidazole rings is 1. The highest BCUT2D eigenvalue weighted by molar-refractivity contribution is 6.54. The van der Waals surface area contributed by atoms with E-state index in [2.05, 4.69) is 84.0 Å². The lowest BCUT2D eigenvalue weighted by molar-refractivity contribution is -0.156. The van der Waals surface area contributed by atoms with Gasteiger partial charge >= 0.3 is 13.1 Å². The first-order valence-corrected chi connectivity index (χ1v) is 18.7. The summed E-state index contributed by atoms with van der Waals surface area (Å²) >= 11 is 0. The molecule has 3 aromatic heterocycles. The molecule has 7 rings (SSSR count). The smallest absolute Gasteiger partial charge is 0.460 e. The van der Waals surface area contributed by atoms with Gasteiger partial charge in [-0.15, -0.1) is 0 Å². The Morgan fingerprint density at radius 2 is 1.73 bits per heavy atom. The normalized spacial score (nSPS) is 21.2. The fourth-order valence-electron chi connectivity index (χ4n) is 6.88. The molecule has 4 heterocycles. The van der Waals surface area contributed by atoms with Gasteiger partial charge in [0.05, 0.1) is 40.1 Å². The highest BCUT2D eigenvalue weighted by Gasteiger charge is 2.52. The Kier molecular flexibility index (Phi) is 10.9. The number of hydrogen-bond donors (Lipinski definition) is 2. The summed E-state index contributed by atoms with van der Waals surface area (Å²) in [5.74, 6) is 0.256. The van der Waals surface area contributed by atoms with Crippen molar-refractivity contribution in [3.8, 4) is 22.6 Å². The van der Waals surface area contributed by atoms with E-state index in [-0.39, 0.29) is 30.3 Å². The molecule has 10 heteroatoms. The molecule has 1 fully saturated rings. The first-order chi connectivity index (χ1) is 24.6. The molecule has 3 aliphatic rings. The van der Waals surface area contributed by atoms with E-state index in [0.29, 0.717) is 12.3 Å². The maximum Gasteiger partial charge on any atom is 0.490 e. The number of carbonyl (C=O) groups is 1. The van der Waals surface area contributed by atoms with Gasteiger partial charge in [0.15, 0.2) is 0 Å². The quantitative estimate of drug-likeness (QED) is 0.151. The van der Waals surface area contributed by atoms with E-state index in [1.54, 1.807) is 6.33 Å². The number of pyridine rings is 2. The number of benzene rings is 1. The predicted molar refractivity (Wildman–Crippen MR) is 209 cm³/mol. The number of carbonyl (C=O) groups excluding carboxylic acids is 1. The summed E-state index contributed by atoms with van der Waals surface area (Å²) < 4.78 is 17.6. The number of esters is 1. The second-order valence-corrected chi connectivity index (χ2v) is 16.5. The molecule has 4 aromatic rings. The number of aromatic amines is 1. The van der Waals surface area contributed by atoms with E-state index < -0.39 is 5.60 Å². The van der Waals surface area contributed by atoms with Crippen molar-refractivity contribution in [1.82, 2.24) is 19.9 Å². The second-order valence-electron chi connectivity index (χ2n) is 16.5. The number of aryl methyl sites for hydroxylation is 1. The molecular formula is C42H54BN5O4. The van der Waals surface area contributed by atoms with Crippen LogP contribution >= 0.6 is 0 Å². The molecule has 0 radical (unpaired) electrons. The molecule has 2 atom stereocenters. The number of fused-ring (bicyclic) bond motifs is 1. The van der Waals surface area contributed by atoms with Crippen molar-refractivity contribution in [2.24, 2.45) is 11.7 Å². The molecule has 2 aliphatic carbocycles. The zero-order valence-electron chi connectivity index (χ0n) is 32.1. The van der Waals surface area contributed by atoms with E-state index in [0.717, 1.165) is 77.8 Å². The van der Waals surface area contributed by atoms with E-state index in [9.17, 15) is 4.79 Å². The van der Waals surface area contributed by atoms with Crippen LogP contribution in [-0.2, 0) is 18.8 Å². The Bertz CT molecular complexity index is 1960. The molecule has 0 amide bonds. The first kappa shape index (κ1) is 37.6. The number of hydrogen-bond acceptors (Lipinski definition) is 8. The van der Waals surface area contributed by atoms with E-state index in [1.807, 2.05) is 52.1 Å². The lowest BCUT2D eigenvalue weighted by atomic mass is 9.70. The largest absolute Gasteiger partial charge is 0.490 e. The Morgan fingerprint density at radius 1 is 0.981 bits per heavy atom. The van der Waals surface area contributed by atoms with Gasteiger partial charge in [0.1, 0.15) is 5.60 Å². The summed E-state index contributed by atoms with van der Waals surface area (Å²) in [6.45, 7) is 16.0. The molecule has 1 saturated heterocycles. The minimum Gasteiger partial charge on any atom is -0.460 e. The van der Waals surface area contributed by atoms with Crippen LogP contribution in [0.15, 0.2) is 72.6 Å². The minimum absolute atomic E-state index is 0.102. The minimum atomic E-state index is -0.407. The van der Waals surface area contributed by atoms with Crippen LogP contribution in [0.1, 0.15) is 105 Å². The number of allylic oxidation sites excluding steroid dienone is 3. The topological polar surface area (TPSA) is 125 Å². The van der Waals surface area contributed by atoms with Crippen molar-refractivity contribution < 1.29 is 18.8 Å². The number of nitrogens with zero attached hydrogens (tertiary/aromatic N) is 3. The van der Waals surface area contributed by atoms with Crippen molar-refractivity contribution in [2.45, 2.75) is 123 Å². The van der Waals surface area contributed by atoms with Crippen LogP contribution in [0.5, 0.6) is 0 Å². The van der Waals surface area contributed by atoms with Crippen LogP contribution in [0.3, 0.4) is 0 Å². The number of H-pyrrole nitrogens is 1. The molecule has 0 spiro atoms. The molecule has 2 unspecified atom stereocenters. The molecule has 274 valence electrons. The van der Waals surface area contributed by atoms with Gasteiger partial charge in [-0.25, -0.2) is 4.98 Å². The van der Waals surface area contributed by atoms with Gasteiger partial charge in [0.25, 0.3) is 0 Å². The Labute approximate surface area is 309 Å².